The number of hydrogen-bond donors (Lipinski definition) is 0. The molecule has 0 saturated heterocycles. The quantitative estimate of drug-likeness (QED) is 0.816. The Morgan fingerprint density at radius 1 is 1.37 bits per heavy atom. The van der Waals surface area contributed by atoms with Gasteiger partial charge in [0.05, 0.1) is 0 Å². The van der Waals surface area contributed by atoms with E-state index in [4.69, 9.17) is 0 Å². The maximum absolute atomic E-state index is 12.0. The van der Waals surface area contributed by atoms with Crippen molar-refractivity contribution in [1.82, 2.24) is 9.88 Å². The van der Waals surface area contributed by atoms with Crippen LogP contribution in [0.25, 0.3) is 0 Å². The van der Waals surface area contributed by atoms with Crippen LogP contribution >= 0.6 is 0 Å². The van der Waals surface area contributed by atoms with E-state index in [2.05, 4.69) is 23.9 Å². The lowest BCUT2D eigenvalue weighted by Gasteiger charge is -2.30. The van der Waals surface area contributed by atoms with Crippen LogP contribution in [0.2, 0.25) is 0 Å². The first-order chi connectivity index (χ1) is 9.19. The standard InChI is InChI=1S/C16H24N2O/c1-3-13-4-5-16(19)15(10-13)12-18(2)11-14-6-8-17-9-7-14/h6-9,13,15H,3-5,10-12H2,1-2H3. The molecule has 0 radical (unpaired) electrons. The Kier molecular flexibility index (Phi) is 5.08. The molecule has 0 aliphatic heterocycles. The highest BCUT2D eigenvalue weighted by Gasteiger charge is 2.28. The van der Waals surface area contributed by atoms with Gasteiger partial charge in [0.25, 0.3) is 0 Å². The van der Waals surface area contributed by atoms with Crippen LogP contribution in [-0.2, 0) is 11.3 Å². The number of hydrogen-bond acceptors (Lipinski definition) is 3. The van der Waals surface area contributed by atoms with Crippen LogP contribution in [0.5, 0.6) is 0 Å². The van der Waals surface area contributed by atoms with Gasteiger partial charge in [-0.15, -0.1) is 0 Å². The summed E-state index contributed by atoms with van der Waals surface area (Å²) in [4.78, 5) is 18.3. The van der Waals surface area contributed by atoms with Crippen molar-refractivity contribution in [2.45, 2.75) is 39.2 Å². The molecule has 0 amide bonds. The number of Topliss-reactive ketones (excluding diaryl/α,β-unsaturated/α-hetero) is 1. The highest BCUT2D eigenvalue weighted by molar-refractivity contribution is 5.81. The second-order valence-electron chi connectivity index (χ2n) is 5.76. The zero-order chi connectivity index (χ0) is 13.7. The Balaban J connectivity index is 1.87. The van der Waals surface area contributed by atoms with E-state index in [1.54, 1.807) is 0 Å². The summed E-state index contributed by atoms with van der Waals surface area (Å²) in [5.74, 6) is 1.45. The van der Waals surface area contributed by atoms with Crippen LogP contribution in [0.1, 0.15) is 38.2 Å². The van der Waals surface area contributed by atoms with Gasteiger partial charge in [-0.3, -0.25) is 9.78 Å². The number of carbonyl (C=O) groups is 1. The lowest BCUT2D eigenvalue weighted by molar-refractivity contribution is -0.126. The van der Waals surface area contributed by atoms with Gasteiger partial charge in [-0.1, -0.05) is 13.3 Å². The van der Waals surface area contributed by atoms with E-state index < -0.39 is 0 Å². The van der Waals surface area contributed by atoms with E-state index in [0.717, 1.165) is 38.3 Å². The SMILES string of the molecule is CCC1CCC(=O)C(CN(C)Cc2ccncc2)C1. The molecule has 0 spiro atoms. The Morgan fingerprint density at radius 2 is 2.11 bits per heavy atom. The fraction of sp³-hybridized carbons (Fsp3) is 0.625. The van der Waals surface area contributed by atoms with Crippen LogP contribution in [0.3, 0.4) is 0 Å². The summed E-state index contributed by atoms with van der Waals surface area (Å²) in [7, 11) is 2.10. The van der Waals surface area contributed by atoms with Crippen LogP contribution in [0, 0.1) is 11.8 Å². The van der Waals surface area contributed by atoms with E-state index >= 15 is 0 Å². The number of nitrogens with zero attached hydrogens (tertiary/aromatic N) is 2. The molecule has 0 aromatic carbocycles. The summed E-state index contributed by atoms with van der Waals surface area (Å²) in [5, 5.41) is 0. The third kappa shape index (κ3) is 4.13. The summed E-state index contributed by atoms with van der Waals surface area (Å²) >= 11 is 0. The highest BCUT2D eigenvalue weighted by atomic mass is 16.1. The minimum atomic E-state index is 0.241. The lowest BCUT2D eigenvalue weighted by atomic mass is 9.79. The first-order valence-electron chi connectivity index (χ1n) is 7.29. The van der Waals surface area contributed by atoms with Crippen LogP contribution in [0.15, 0.2) is 24.5 Å². The summed E-state index contributed by atoms with van der Waals surface area (Å²) in [6.45, 7) is 4.01. The maximum atomic E-state index is 12.0. The molecule has 1 heterocycles. The third-order valence-corrected chi connectivity index (χ3v) is 4.18. The molecule has 3 nitrogen and oxygen atoms in total. The molecular formula is C16H24N2O. The lowest BCUT2D eigenvalue weighted by Crippen LogP contribution is -2.34. The second-order valence-corrected chi connectivity index (χ2v) is 5.76. The number of carbonyl (C=O) groups excluding carboxylic acids is 1. The van der Waals surface area contributed by atoms with Crippen molar-refractivity contribution in [3.05, 3.63) is 30.1 Å². The van der Waals surface area contributed by atoms with E-state index in [1.807, 2.05) is 24.5 Å². The van der Waals surface area contributed by atoms with Crippen molar-refractivity contribution in [2.24, 2.45) is 11.8 Å². The molecule has 2 atom stereocenters. The van der Waals surface area contributed by atoms with Crippen LogP contribution in [0.4, 0.5) is 0 Å². The van der Waals surface area contributed by atoms with E-state index in [-0.39, 0.29) is 5.92 Å². The molecular weight excluding hydrogens is 236 g/mol. The molecule has 3 heteroatoms. The highest BCUT2D eigenvalue weighted by Crippen LogP contribution is 2.29. The topological polar surface area (TPSA) is 33.2 Å². The Labute approximate surface area is 116 Å². The summed E-state index contributed by atoms with van der Waals surface area (Å²) < 4.78 is 0. The predicted octanol–water partition coefficient (Wildman–Crippen LogP) is 2.91. The van der Waals surface area contributed by atoms with Gasteiger partial charge in [0.2, 0.25) is 0 Å². The van der Waals surface area contributed by atoms with Crippen molar-refractivity contribution in [3.8, 4) is 0 Å². The van der Waals surface area contributed by atoms with Gasteiger partial charge in [-0.25, -0.2) is 0 Å². The first kappa shape index (κ1) is 14.2. The van der Waals surface area contributed by atoms with Crippen molar-refractivity contribution in [3.63, 3.8) is 0 Å². The number of rotatable bonds is 5. The molecule has 1 aromatic heterocycles. The Bertz CT molecular complexity index is 404. The molecule has 2 unspecified atom stereocenters. The first-order valence-corrected chi connectivity index (χ1v) is 7.29. The fourth-order valence-electron chi connectivity index (χ4n) is 2.99. The van der Waals surface area contributed by atoms with Gasteiger partial charge in [-0.05, 0) is 43.5 Å². The average Bonchev–Trinajstić information content (AvgIpc) is 2.42. The molecule has 1 aromatic rings. The Morgan fingerprint density at radius 3 is 2.79 bits per heavy atom. The zero-order valence-electron chi connectivity index (χ0n) is 12.0. The number of ketones is 1. The van der Waals surface area contributed by atoms with Crippen LogP contribution in [-0.4, -0.2) is 29.3 Å². The normalized spacial score (nSPS) is 23.8. The molecule has 0 N–H and O–H groups in total. The molecule has 104 valence electrons. The molecule has 1 aliphatic rings. The minimum absolute atomic E-state index is 0.241. The van der Waals surface area contributed by atoms with E-state index in [9.17, 15) is 4.79 Å². The largest absolute Gasteiger partial charge is 0.301 e. The smallest absolute Gasteiger partial charge is 0.137 e. The average molecular weight is 260 g/mol. The fourth-order valence-corrected chi connectivity index (χ4v) is 2.99. The molecule has 2 rings (SSSR count). The molecule has 19 heavy (non-hydrogen) atoms. The van der Waals surface area contributed by atoms with Crippen molar-refractivity contribution in [1.29, 1.82) is 0 Å². The van der Waals surface area contributed by atoms with Gasteiger partial charge in [0.15, 0.2) is 0 Å². The van der Waals surface area contributed by atoms with E-state index in [1.165, 1.54) is 12.0 Å². The zero-order valence-corrected chi connectivity index (χ0v) is 12.0. The van der Waals surface area contributed by atoms with Gasteiger partial charge in [-0.2, -0.15) is 0 Å². The third-order valence-electron chi connectivity index (χ3n) is 4.18. The summed E-state index contributed by atoms with van der Waals surface area (Å²) in [6.07, 6.45) is 7.81. The second kappa shape index (κ2) is 6.80. The predicted molar refractivity (Wildman–Crippen MR) is 76.7 cm³/mol. The summed E-state index contributed by atoms with van der Waals surface area (Å²) in [5.41, 5.74) is 1.26. The van der Waals surface area contributed by atoms with Gasteiger partial charge >= 0.3 is 0 Å². The van der Waals surface area contributed by atoms with Gasteiger partial charge in [0.1, 0.15) is 5.78 Å². The number of pyridine rings is 1. The molecule has 0 bridgehead atoms. The maximum Gasteiger partial charge on any atom is 0.137 e. The monoisotopic (exact) mass is 260 g/mol. The van der Waals surface area contributed by atoms with Crippen molar-refractivity contribution < 1.29 is 4.79 Å². The van der Waals surface area contributed by atoms with Gasteiger partial charge in [0, 0.05) is 37.8 Å². The molecule has 1 saturated carbocycles. The molecule has 1 aliphatic carbocycles. The minimum Gasteiger partial charge on any atom is -0.301 e. The van der Waals surface area contributed by atoms with Crippen molar-refractivity contribution in [2.75, 3.05) is 13.6 Å². The number of aromatic nitrogens is 1. The van der Waals surface area contributed by atoms with E-state index in [0.29, 0.717) is 5.78 Å². The van der Waals surface area contributed by atoms with Gasteiger partial charge < -0.3 is 4.90 Å². The van der Waals surface area contributed by atoms with Crippen LogP contribution < -0.4 is 0 Å². The molecule has 1 fully saturated rings. The van der Waals surface area contributed by atoms with Crippen molar-refractivity contribution >= 4 is 5.78 Å². The Hall–Kier alpha value is -1.22. The summed E-state index contributed by atoms with van der Waals surface area (Å²) in [6, 6.07) is 4.07.